The molecule has 3 rings (SSSR count). The number of carbonyl (C=O) groups excluding carboxylic acids is 1. The second-order valence-corrected chi connectivity index (χ2v) is 7.16. The normalized spacial score (nSPS) is 22.5. The third-order valence-corrected chi connectivity index (χ3v) is 5.19. The van der Waals surface area contributed by atoms with Gasteiger partial charge in [0.05, 0.1) is 22.2 Å². The summed E-state index contributed by atoms with van der Waals surface area (Å²) in [6.45, 7) is 1.42. The van der Waals surface area contributed by atoms with E-state index in [1.807, 2.05) is 24.3 Å². The van der Waals surface area contributed by atoms with E-state index in [0.29, 0.717) is 35.2 Å². The van der Waals surface area contributed by atoms with E-state index < -0.39 is 12.2 Å². The fraction of sp³-hybridized carbons (Fsp3) is 0.300. The van der Waals surface area contributed by atoms with Crippen LogP contribution in [0.2, 0.25) is 10.0 Å². The van der Waals surface area contributed by atoms with Gasteiger partial charge >= 0.3 is 0 Å². The van der Waals surface area contributed by atoms with Gasteiger partial charge in [-0.25, -0.2) is 0 Å². The SMILES string of the molecule is N#CC1CNC[C@@H](CNC(=O)c2ccccc2)[C@H](c2ccc(Cl)c(Cl)c2)O1. The van der Waals surface area contributed by atoms with E-state index in [4.69, 9.17) is 27.9 Å². The molecule has 0 aromatic heterocycles. The van der Waals surface area contributed by atoms with Crippen LogP contribution < -0.4 is 10.6 Å². The number of rotatable bonds is 4. The summed E-state index contributed by atoms with van der Waals surface area (Å²) < 4.78 is 6.02. The number of hydrogen-bond donors (Lipinski definition) is 2. The van der Waals surface area contributed by atoms with Crippen LogP contribution in [-0.2, 0) is 4.74 Å². The number of nitrogens with one attached hydrogen (secondary N) is 2. The Hall–Kier alpha value is -2.10. The van der Waals surface area contributed by atoms with Gasteiger partial charge in [0, 0.05) is 31.1 Å². The fourth-order valence-corrected chi connectivity index (χ4v) is 3.36. The van der Waals surface area contributed by atoms with Crippen LogP contribution in [-0.4, -0.2) is 31.6 Å². The molecule has 0 bridgehead atoms. The zero-order valence-electron chi connectivity index (χ0n) is 14.5. The molecular formula is C20H19Cl2N3O2. The largest absolute Gasteiger partial charge is 0.354 e. The maximum absolute atomic E-state index is 12.4. The number of amides is 1. The molecule has 1 aliphatic heterocycles. The quantitative estimate of drug-likeness (QED) is 0.817. The average Bonchev–Trinajstić information content (AvgIpc) is 2.91. The first-order chi connectivity index (χ1) is 13.1. The molecule has 0 radical (unpaired) electrons. The summed E-state index contributed by atoms with van der Waals surface area (Å²) in [6, 6.07) is 16.5. The Morgan fingerprint density at radius 2 is 1.96 bits per heavy atom. The second kappa shape index (κ2) is 9.20. The summed E-state index contributed by atoms with van der Waals surface area (Å²) in [5.74, 6) is -0.224. The van der Waals surface area contributed by atoms with Crippen molar-refractivity contribution in [3.8, 4) is 6.07 Å². The lowest BCUT2D eigenvalue weighted by molar-refractivity contribution is -0.000916. The minimum atomic E-state index is -0.584. The summed E-state index contributed by atoms with van der Waals surface area (Å²) in [5.41, 5.74) is 1.42. The summed E-state index contributed by atoms with van der Waals surface area (Å²) in [6.07, 6.45) is -0.977. The molecule has 2 N–H and O–H groups in total. The van der Waals surface area contributed by atoms with Gasteiger partial charge in [-0.3, -0.25) is 4.79 Å². The van der Waals surface area contributed by atoms with E-state index in [2.05, 4.69) is 16.7 Å². The minimum Gasteiger partial charge on any atom is -0.354 e. The number of halogens is 2. The Kier molecular flexibility index (Phi) is 6.70. The van der Waals surface area contributed by atoms with Gasteiger partial charge in [0.2, 0.25) is 0 Å². The van der Waals surface area contributed by atoms with Crippen molar-refractivity contribution in [2.75, 3.05) is 19.6 Å². The highest BCUT2D eigenvalue weighted by Crippen LogP contribution is 2.33. The summed E-state index contributed by atoms with van der Waals surface area (Å²) in [5, 5.41) is 16.4. The van der Waals surface area contributed by atoms with Crippen LogP contribution in [0.1, 0.15) is 22.0 Å². The second-order valence-electron chi connectivity index (χ2n) is 6.34. The van der Waals surface area contributed by atoms with Gasteiger partial charge in [0.25, 0.3) is 5.91 Å². The first-order valence-electron chi connectivity index (χ1n) is 8.62. The Morgan fingerprint density at radius 3 is 2.67 bits per heavy atom. The lowest BCUT2D eigenvalue weighted by Crippen LogP contribution is -2.36. The van der Waals surface area contributed by atoms with Crippen LogP contribution in [0.4, 0.5) is 0 Å². The average molecular weight is 404 g/mol. The van der Waals surface area contributed by atoms with E-state index in [0.717, 1.165) is 5.56 Å². The van der Waals surface area contributed by atoms with Gasteiger partial charge in [-0.1, -0.05) is 47.5 Å². The maximum Gasteiger partial charge on any atom is 0.251 e. The molecule has 5 nitrogen and oxygen atoms in total. The van der Waals surface area contributed by atoms with Crippen molar-refractivity contribution in [1.82, 2.24) is 10.6 Å². The Labute approximate surface area is 168 Å². The molecule has 2 aromatic rings. The van der Waals surface area contributed by atoms with Gasteiger partial charge < -0.3 is 15.4 Å². The fourth-order valence-electron chi connectivity index (χ4n) is 3.05. The molecule has 1 saturated heterocycles. The highest BCUT2D eigenvalue weighted by Gasteiger charge is 2.31. The number of carbonyl (C=O) groups is 1. The van der Waals surface area contributed by atoms with Crippen molar-refractivity contribution >= 4 is 29.1 Å². The van der Waals surface area contributed by atoms with E-state index >= 15 is 0 Å². The van der Waals surface area contributed by atoms with Crippen molar-refractivity contribution in [3.63, 3.8) is 0 Å². The summed E-state index contributed by atoms with van der Waals surface area (Å²) >= 11 is 12.2. The molecule has 0 aliphatic carbocycles. The van der Waals surface area contributed by atoms with E-state index in [9.17, 15) is 10.1 Å². The Morgan fingerprint density at radius 1 is 1.19 bits per heavy atom. The van der Waals surface area contributed by atoms with Crippen molar-refractivity contribution in [2.24, 2.45) is 5.92 Å². The zero-order chi connectivity index (χ0) is 19.2. The molecule has 1 fully saturated rings. The third-order valence-electron chi connectivity index (χ3n) is 4.45. The standard InChI is InChI=1S/C20H19Cl2N3O2/c21-17-7-6-14(8-18(17)22)19-15(10-24-12-16(9-23)27-19)11-25-20(26)13-4-2-1-3-5-13/h1-8,15-16,19,24H,10-12H2,(H,25,26)/t15-,16?,19-/m0/s1. The van der Waals surface area contributed by atoms with Crippen LogP contribution in [0.5, 0.6) is 0 Å². The smallest absolute Gasteiger partial charge is 0.251 e. The topological polar surface area (TPSA) is 74.2 Å². The number of ether oxygens (including phenoxy) is 1. The Balaban J connectivity index is 1.78. The Bertz CT molecular complexity index is 839. The highest BCUT2D eigenvalue weighted by atomic mass is 35.5. The number of hydrogen-bond acceptors (Lipinski definition) is 4. The van der Waals surface area contributed by atoms with Crippen LogP contribution >= 0.6 is 23.2 Å². The van der Waals surface area contributed by atoms with Gasteiger partial charge in [-0.15, -0.1) is 0 Å². The predicted octanol–water partition coefficient (Wildman–Crippen LogP) is 3.59. The van der Waals surface area contributed by atoms with Crippen LogP contribution in [0, 0.1) is 17.2 Å². The lowest BCUT2D eigenvalue weighted by Gasteiger charge is -2.26. The number of nitrogens with zero attached hydrogens (tertiary/aromatic N) is 1. The summed E-state index contributed by atoms with van der Waals surface area (Å²) in [7, 11) is 0. The number of nitriles is 1. The number of benzene rings is 2. The van der Waals surface area contributed by atoms with Gasteiger partial charge in [-0.2, -0.15) is 5.26 Å². The van der Waals surface area contributed by atoms with E-state index in [-0.39, 0.29) is 11.8 Å². The first kappa shape index (κ1) is 19.7. The molecular weight excluding hydrogens is 385 g/mol. The molecule has 1 unspecified atom stereocenters. The lowest BCUT2D eigenvalue weighted by atomic mass is 9.95. The monoisotopic (exact) mass is 403 g/mol. The van der Waals surface area contributed by atoms with Gasteiger partial charge in [0.1, 0.15) is 0 Å². The predicted molar refractivity (Wildman–Crippen MR) is 105 cm³/mol. The van der Waals surface area contributed by atoms with Crippen molar-refractivity contribution in [3.05, 3.63) is 69.7 Å². The molecule has 1 amide bonds. The van der Waals surface area contributed by atoms with Crippen molar-refractivity contribution in [2.45, 2.75) is 12.2 Å². The molecule has 1 aliphatic rings. The molecule has 27 heavy (non-hydrogen) atoms. The van der Waals surface area contributed by atoms with Crippen molar-refractivity contribution < 1.29 is 9.53 Å². The van der Waals surface area contributed by atoms with Crippen LogP contribution in [0.25, 0.3) is 0 Å². The van der Waals surface area contributed by atoms with E-state index in [1.165, 1.54) is 0 Å². The first-order valence-corrected chi connectivity index (χ1v) is 9.38. The molecule has 0 saturated carbocycles. The van der Waals surface area contributed by atoms with Gasteiger partial charge in [0.15, 0.2) is 6.10 Å². The molecule has 3 atom stereocenters. The van der Waals surface area contributed by atoms with Crippen LogP contribution in [0.15, 0.2) is 48.5 Å². The van der Waals surface area contributed by atoms with Crippen LogP contribution in [0.3, 0.4) is 0 Å². The van der Waals surface area contributed by atoms with Crippen molar-refractivity contribution in [1.29, 1.82) is 5.26 Å². The van der Waals surface area contributed by atoms with Gasteiger partial charge in [-0.05, 0) is 29.8 Å². The third kappa shape index (κ3) is 5.00. The summed E-state index contributed by atoms with van der Waals surface area (Å²) in [4.78, 5) is 12.4. The molecule has 140 valence electrons. The molecule has 7 heteroatoms. The molecule has 2 aromatic carbocycles. The minimum absolute atomic E-state index is 0.0757. The zero-order valence-corrected chi connectivity index (χ0v) is 16.0. The molecule has 0 spiro atoms. The maximum atomic E-state index is 12.4. The van der Waals surface area contributed by atoms with E-state index in [1.54, 1.807) is 24.3 Å². The molecule has 1 heterocycles. The highest BCUT2D eigenvalue weighted by molar-refractivity contribution is 6.42.